The Morgan fingerprint density at radius 1 is 1.29 bits per heavy atom. The fourth-order valence-corrected chi connectivity index (χ4v) is 4.07. The normalized spacial score (nSPS) is 18.3. The maximum absolute atomic E-state index is 4.57. The summed E-state index contributed by atoms with van der Waals surface area (Å²) in [7, 11) is 2.04. The first-order chi connectivity index (χ1) is 11.7. The van der Waals surface area contributed by atoms with Crippen LogP contribution in [0, 0.1) is 6.92 Å². The van der Waals surface area contributed by atoms with E-state index in [1.807, 2.05) is 38.1 Å². The van der Waals surface area contributed by atoms with Crippen LogP contribution in [0.5, 0.6) is 0 Å². The maximum atomic E-state index is 4.57. The number of rotatable bonds is 4. The molecule has 4 heterocycles. The van der Waals surface area contributed by atoms with Gasteiger partial charge in [0.05, 0.1) is 23.1 Å². The highest BCUT2D eigenvalue weighted by Crippen LogP contribution is 2.34. The van der Waals surface area contributed by atoms with E-state index in [2.05, 4.69) is 36.6 Å². The van der Waals surface area contributed by atoms with E-state index in [0.717, 1.165) is 30.3 Å². The molecule has 24 heavy (non-hydrogen) atoms. The van der Waals surface area contributed by atoms with Gasteiger partial charge in [-0.05, 0) is 44.0 Å². The molecule has 0 aromatic carbocycles. The van der Waals surface area contributed by atoms with Crippen LogP contribution in [-0.4, -0.2) is 31.0 Å². The number of thiazole rings is 1. The Morgan fingerprint density at radius 3 is 2.96 bits per heavy atom. The fourth-order valence-electron chi connectivity index (χ4n) is 3.45. The van der Waals surface area contributed by atoms with E-state index >= 15 is 0 Å². The molecule has 1 atom stereocenters. The molecule has 5 nitrogen and oxygen atoms in total. The molecule has 3 aromatic heterocycles. The van der Waals surface area contributed by atoms with Crippen molar-refractivity contribution in [1.29, 1.82) is 0 Å². The Hall–Kier alpha value is -2.05. The molecule has 3 aromatic rings. The number of likely N-dealkylation sites (tertiary alicyclic amines) is 1. The number of hydrogen-bond acceptors (Lipinski definition) is 5. The number of imidazole rings is 1. The van der Waals surface area contributed by atoms with Crippen molar-refractivity contribution in [2.24, 2.45) is 7.05 Å². The zero-order valence-corrected chi connectivity index (χ0v) is 14.8. The highest BCUT2D eigenvalue weighted by molar-refractivity contribution is 7.09. The molecule has 0 unspecified atom stereocenters. The van der Waals surface area contributed by atoms with Crippen LogP contribution in [0.1, 0.15) is 35.1 Å². The number of hydrogen-bond donors (Lipinski definition) is 0. The molecular weight excluding hydrogens is 318 g/mol. The van der Waals surface area contributed by atoms with Crippen molar-refractivity contribution < 1.29 is 0 Å². The van der Waals surface area contributed by atoms with E-state index in [9.17, 15) is 0 Å². The fraction of sp³-hybridized carbons (Fsp3) is 0.389. The Labute approximate surface area is 146 Å². The van der Waals surface area contributed by atoms with Crippen molar-refractivity contribution in [3.63, 3.8) is 0 Å². The van der Waals surface area contributed by atoms with E-state index < -0.39 is 0 Å². The highest BCUT2D eigenvalue weighted by atomic mass is 32.1. The molecule has 1 saturated heterocycles. The first-order valence-electron chi connectivity index (χ1n) is 8.28. The molecule has 1 aliphatic heterocycles. The summed E-state index contributed by atoms with van der Waals surface area (Å²) in [4.78, 5) is 17.0. The summed E-state index contributed by atoms with van der Waals surface area (Å²) in [5, 5.41) is 0. The molecule has 0 saturated carbocycles. The second-order valence-electron chi connectivity index (χ2n) is 6.32. The number of aryl methyl sites for hydroxylation is 1. The Balaban J connectivity index is 1.61. The smallest absolute Gasteiger partial charge is 0.105 e. The molecular formula is C18H21N5S. The van der Waals surface area contributed by atoms with Crippen LogP contribution in [-0.2, 0) is 13.6 Å². The van der Waals surface area contributed by atoms with Gasteiger partial charge in [0.25, 0.3) is 0 Å². The number of pyridine rings is 1. The van der Waals surface area contributed by atoms with Crippen LogP contribution in [0.2, 0.25) is 0 Å². The van der Waals surface area contributed by atoms with E-state index in [1.165, 1.54) is 23.3 Å². The van der Waals surface area contributed by atoms with Gasteiger partial charge in [-0.15, -0.1) is 11.3 Å². The van der Waals surface area contributed by atoms with Crippen molar-refractivity contribution in [2.45, 2.75) is 32.4 Å². The standard InChI is InChI=1S/C18H21N5S/c1-13-21-10-18(22(13)2)16-8-14(5-6-20-16)17-4-3-7-23(17)11-15-9-19-12-24-15/h5-6,8-10,12,17H,3-4,7,11H2,1-2H3/t17-/m1/s1. The molecule has 124 valence electrons. The monoisotopic (exact) mass is 339 g/mol. The molecule has 4 rings (SSSR count). The lowest BCUT2D eigenvalue weighted by molar-refractivity contribution is 0.250. The minimum atomic E-state index is 0.461. The largest absolute Gasteiger partial charge is 0.330 e. The van der Waals surface area contributed by atoms with Gasteiger partial charge in [0, 0.05) is 36.9 Å². The van der Waals surface area contributed by atoms with E-state index in [0.29, 0.717) is 6.04 Å². The molecule has 0 N–H and O–H groups in total. The molecule has 0 bridgehead atoms. The summed E-state index contributed by atoms with van der Waals surface area (Å²) in [6.45, 7) is 4.14. The van der Waals surface area contributed by atoms with Gasteiger partial charge < -0.3 is 4.57 Å². The minimum absolute atomic E-state index is 0.461. The van der Waals surface area contributed by atoms with Crippen LogP contribution < -0.4 is 0 Å². The third-order valence-corrected chi connectivity index (χ3v) is 5.62. The summed E-state index contributed by atoms with van der Waals surface area (Å²) in [6.07, 6.45) is 8.26. The van der Waals surface area contributed by atoms with Crippen LogP contribution in [0.25, 0.3) is 11.4 Å². The SMILES string of the molecule is Cc1ncc(-c2cc([C@H]3CCCN3Cc3cncs3)ccn2)n1C. The van der Waals surface area contributed by atoms with Gasteiger partial charge in [-0.2, -0.15) is 0 Å². The summed E-state index contributed by atoms with van der Waals surface area (Å²) in [5.41, 5.74) is 5.33. The lowest BCUT2D eigenvalue weighted by atomic mass is 10.0. The molecule has 1 fully saturated rings. The van der Waals surface area contributed by atoms with Crippen molar-refractivity contribution in [1.82, 2.24) is 24.4 Å². The molecule has 1 aliphatic rings. The first-order valence-corrected chi connectivity index (χ1v) is 9.16. The Kier molecular flexibility index (Phi) is 4.16. The van der Waals surface area contributed by atoms with Crippen LogP contribution in [0.4, 0.5) is 0 Å². The highest BCUT2D eigenvalue weighted by Gasteiger charge is 2.26. The van der Waals surface area contributed by atoms with Gasteiger partial charge in [-0.3, -0.25) is 14.9 Å². The van der Waals surface area contributed by atoms with Crippen molar-refractivity contribution >= 4 is 11.3 Å². The van der Waals surface area contributed by atoms with Crippen LogP contribution in [0.3, 0.4) is 0 Å². The molecule has 0 radical (unpaired) electrons. The first kappa shape index (κ1) is 15.5. The van der Waals surface area contributed by atoms with Gasteiger partial charge in [-0.25, -0.2) is 4.98 Å². The average molecular weight is 339 g/mol. The molecule has 0 spiro atoms. The van der Waals surface area contributed by atoms with Crippen molar-refractivity contribution in [3.05, 3.63) is 52.5 Å². The second-order valence-corrected chi connectivity index (χ2v) is 7.29. The van der Waals surface area contributed by atoms with Crippen molar-refractivity contribution in [3.8, 4) is 11.4 Å². The molecule has 6 heteroatoms. The third-order valence-electron chi connectivity index (χ3n) is 4.86. The predicted molar refractivity (Wildman–Crippen MR) is 95.7 cm³/mol. The van der Waals surface area contributed by atoms with Crippen molar-refractivity contribution in [2.75, 3.05) is 6.54 Å². The lowest BCUT2D eigenvalue weighted by Gasteiger charge is -2.24. The van der Waals surface area contributed by atoms with E-state index in [-0.39, 0.29) is 0 Å². The quantitative estimate of drug-likeness (QED) is 0.729. The molecule has 0 aliphatic carbocycles. The van der Waals surface area contributed by atoms with Gasteiger partial charge in [0.15, 0.2) is 0 Å². The van der Waals surface area contributed by atoms with Gasteiger partial charge in [0.1, 0.15) is 5.82 Å². The third kappa shape index (κ3) is 2.87. The predicted octanol–water partition coefficient (Wildman–Crippen LogP) is 3.58. The zero-order valence-electron chi connectivity index (χ0n) is 14.0. The second kappa shape index (κ2) is 6.45. The summed E-state index contributed by atoms with van der Waals surface area (Å²) in [6, 6.07) is 4.84. The number of nitrogens with zero attached hydrogens (tertiary/aromatic N) is 5. The Morgan fingerprint density at radius 2 is 2.21 bits per heavy atom. The zero-order chi connectivity index (χ0) is 16.5. The summed E-state index contributed by atoms with van der Waals surface area (Å²) in [5.74, 6) is 1.00. The van der Waals surface area contributed by atoms with Gasteiger partial charge in [-0.1, -0.05) is 0 Å². The van der Waals surface area contributed by atoms with Gasteiger partial charge >= 0.3 is 0 Å². The van der Waals surface area contributed by atoms with E-state index in [4.69, 9.17) is 0 Å². The maximum Gasteiger partial charge on any atom is 0.105 e. The van der Waals surface area contributed by atoms with Crippen LogP contribution >= 0.6 is 11.3 Å². The molecule has 0 amide bonds. The van der Waals surface area contributed by atoms with E-state index in [1.54, 1.807) is 11.3 Å². The Bertz CT molecular complexity index is 824. The average Bonchev–Trinajstić information content (AvgIpc) is 3.32. The minimum Gasteiger partial charge on any atom is -0.330 e. The van der Waals surface area contributed by atoms with Crippen LogP contribution in [0.15, 0.2) is 36.2 Å². The van der Waals surface area contributed by atoms with Gasteiger partial charge in [0.2, 0.25) is 0 Å². The lowest BCUT2D eigenvalue weighted by Crippen LogP contribution is -2.22. The number of aromatic nitrogens is 4. The topological polar surface area (TPSA) is 46.8 Å². The summed E-state index contributed by atoms with van der Waals surface area (Å²) < 4.78 is 2.09. The summed E-state index contributed by atoms with van der Waals surface area (Å²) >= 11 is 1.74.